The van der Waals surface area contributed by atoms with Crippen LogP contribution < -0.4 is 0 Å². The number of hydrazine groups is 1. The number of thiophene rings is 1. The van der Waals surface area contributed by atoms with Crippen molar-refractivity contribution in [2.45, 2.75) is 17.3 Å². The second kappa shape index (κ2) is 8.23. The number of terminal acetylenes is 1. The van der Waals surface area contributed by atoms with E-state index < -0.39 is 10.0 Å². The summed E-state index contributed by atoms with van der Waals surface area (Å²) < 4.78 is 34.7. The Bertz CT molecular complexity index is 1350. The zero-order valence-corrected chi connectivity index (χ0v) is 19.9. The standard InChI is InChI=1S/C22H23N5O4S2/c1-4-15-5-6-16-12-20(32-19(16)11-15)33(29,30)27-9-7-26(8-10-27)22(28)21-23-17-13-24(2)25(3)14-18(17)31-21/h1,5-6,11-12H,7-10,13-14H2,2-3H3. The normalized spacial score (nSPS) is 18.4. The molecule has 0 unspecified atom stereocenters. The van der Waals surface area contributed by atoms with Gasteiger partial charge in [-0.25, -0.2) is 23.4 Å². The van der Waals surface area contributed by atoms with Crippen LogP contribution in [0.5, 0.6) is 0 Å². The molecule has 2 aliphatic rings. The fraction of sp³-hybridized carbons (Fsp3) is 0.364. The van der Waals surface area contributed by atoms with Gasteiger partial charge < -0.3 is 9.32 Å². The van der Waals surface area contributed by atoms with Crippen LogP contribution in [0.15, 0.2) is 32.9 Å². The summed E-state index contributed by atoms with van der Waals surface area (Å²) in [6, 6.07) is 7.13. The Hall–Kier alpha value is -2.75. The summed E-state index contributed by atoms with van der Waals surface area (Å²) in [5.74, 6) is 3.02. The zero-order valence-electron chi connectivity index (χ0n) is 18.3. The van der Waals surface area contributed by atoms with E-state index >= 15 is 0 Å². The number of sulfonamides is 1. The van der Waals surface area contributed by atoms with E-state index in [0.717, 1.165) is 15.8 Å². The number of hydrogen-bond acceptors (Lipinski definition) is 8. The number of hydrogen-bond donors (Lipinski definition) is 0. The molecule has 0 aliphatic carbocycles. The average molecular weight is 486 g/mol. The molecule has 1 aromatic carbocycles. The molecule has 33 heavy (non-hydrogen) atoms. The lowest BCUT2D eigenvalue weighted by Gasteiger charge is -2.32. The van der Waals surface area contributed by atoms with E-state index in [1.54, 1.807) is 17.0 Å². The first-order valence-electron chi connectivity index (χ1n) is 10.5. The second-order valence-corrected chi connectivity index (χ2v) is 11.4. The van der Waals surface area contributed by atoms with Crippen LogP contribution >= 0.6 is 11.3 Å². The summed E-state index contributed by atoms with van der Waals surface area (Å²) >= 11 is 1.21. The van der Waals surface area contributed by atoms with Gasteiger partial charge in [-0.2, -0.15) is 4.31 Å². The highest BCUT2D eigenvalue weighted by molar-refractivity contribution is 7.91. The van der Waals surface area contributed by atoms with Crippen molar-refractivity contribution in [1.82, 2.24) is 24.2 Å². The van der Waals surface area contributed by atoms with Crippen LogP contribution in [0.1, 0.15) is 27.7 Å². The van der Waals surface area contributed by atoms with Gasteiger partial charge in [-0.1, -0.05) is 12.0 Å². The van der Waals surface area contributed by atoms with Crippen molar-refractivity contribution in [1.29, 1.82) is 0 Å². The van der Waals surface area contributed by atoms with E-state index in [2.05, 4.69) is 10.9 Å². The van der Waals surface area contributed by atoms with Crippen molar-refractivity contribution in [3.05, 3.63) is 47.2 Å². The molecule has 0 radical (unpaired) electrons. The van der Waals surface area contributed by atoms with Crippen LogP contribution in [-0.4, -0.2) is 78.8 Å². The molecule has 4 heterocycles. The lowest BCUT2D eigenvalue weighted by atomic mass is 10.2. The fourth-order valence-electron chi connectivity index (χ4n) is 4.01. The molecule has 172 valence electrons. The molecule has 9 nitrogen and oxygen atoms in total. The maximum atomic E-state index is 13.2. The predicted octanol–water partition coefficient (Wildman–Crippen LogP) is 1.81. The Morgan fingerprint density at radius 1 is 1.12 bits per heavy atom. The summed E-state index contributed by atoms with van der Waals surface area (Å²) in [6.07, 6.45) is 5.45. The molecular formula is C22H23N5O4S2. The van der Waals surface area contributed by atoms with Crippen LogP contribution in [0.25, 0.3) is 10.1 Å². The number of benzene rings is 1. The Morgan fingerprint density at radius 2 is 1.85 bits per heavy atom. The molecule has 0 bridgehead atoms. The zero-order chi connectivity index (χ0) is 23.3. The number of piperazine rings is 1. The van der Waals surface area contributed by atoms with Crippen molar-refractivity contribution in [2.75, 3.05) is 40.3 Å². The number of amides is 1. The Morgan fingerprint density at radius 3 is 2.58 bits per heavy atom. The van der Waals surface area contributed by atoms with Gasteiger partial charge in [0.2, 0.25) is 0 Å². The summed E-state index contributed by atoms with van der Waals surface area (Å²) in [7, 11) is 0.230. The molecule has 1 saturated heterocycles. The summed E-state index contributed by atoms with van der Waals surface area (Å²) in [6.45, 7) is 2.10. The maximum Gasteiger partial charge on any atom is 0.309 e. The number of aromatic nitrogens is 1. The highest BCUT2D eigenvalue weighted by atomic mass is 32.2. The SMILES string of the molecule is C#Cc1ccc2cc(S(=O)(=O)N3CCN(C(=O)c4nc5c(o4)CN(C)N(C)C5)CC3)sc2c1. The van der Waals surface area contributed by atoms with Gasteiger partial charge in [0, 0.05) is 50.5 Å². The van der Waals surface area contributed by atoms with Crippen molar-refractivity contribution in [2.24, 2.45) is 0 Å². The number of oxazole rings is 1. The molecule has 2 aromatic heterocycles. The third kappa shape index (κ3) is 3.94. The van der Waals surface area contributed by atoms with Gasteiger partial charge in [-0.15, -0.1) is 17.8 Å². The van der Waals surface area contributed by atoms with Crippen LogP contribution in [0.4, 0.5) is 0 Å². The fourth-order valence-corrected chi connectivity index (χ4v) is 7.02. The predicted molar refractivity (Wildman–Crippen MR) is 124 cm³/mol. The minimum absolute atomic E-state index is 0.0637. The van der Waals surface area contributed by atoms with E-state index in [1.807, 2.05) is 36.2 Å². The van der Waals surface area contributed by atoms with E-state index in [4.69, 9.17) is 10.8 Å². The van der Waals surface area contributed by atoms with Crippen molar-refractivity contribution in [3.8, 4) is 12.3 Å². The molecule has 0 N–H and O–H groups in total. The summed E-state index contributed by atoms with van der Waals surface area (Å²) in [5, 5.41) is 4.84. The van der Waals surface area contributed by atoms with Gasteiger partial charge >= 0.3 is 5.91 Å². The third-order valence-electron chi connectivity index (χ3n) is 6.08. The topological polar surface area (TPSA) is 90.2 Å². The first-order chi connectivity index (χ1) is 15.8. The van der Waals surface area contributed by atoms with Crippen LogP contribution in [-0.2, 0) is 23.1 Å². The van der Waals surface area contributed by atoms with Gasteiger partial charge in [-0.05, 0) is 23.6 Å². The molecular weight excluding hydrogens is 462 g/mol. The molecule has 5 rings (SSSR count). The van der Waals surface area contributed by atoms with Crippen molar-refractivity contribution < 1.29 is 17.6 Å². The highest BCUT2D eigenvalue weighted by Gasteiger charge is 2.34. The molecule has 11 heteroatoms. The summed E-state index contributed by atoms with van der Waals surface area (Å²) in [4.78, 5) is 18.9. The molecule has 0 saturated carbocycles. The van der Waals surface area contributed by atoms with Gasteiger partial charge in [0.15, 0.2) is 0 Å². The maximum absolute atomic E-state index is 13.2. The summed E-state index contributed by atoms with van der Waals surface area (Å²) in [5.41, 5.74) is 1.48. The minimum atomic E-state index is -3.66. The quantitative estimate of drug-likeness (QED) is 0.523. The molecule has 0 spiro atoms. The molecule has 2 aliphatic heterocycles. The van der Waals surface area contributed by atoms with Crippen molar-refractivity contribution >= 4 is 37.4 Å². The lowest BCUT2D eigenvalue weighted by molar-refractivity contribution is -0.0103. The van der Waals surface area contributed by atoms with E-state index in [1.165, 1.54) is 15.6 Å². The van der Waals surface area contributed by atoms with Gasteiger partial charge in [0.05, 0.1) is 18.8 Å². The largest absolute Gasteiger partial charge is 0.436 e. The average Bonchev–Trinajstić information content (AvgIpc) is 3.43. The monoisotopic (exact) mass is 485 g/mol. The first-order valence-corrected chi connectivity index (χ1v) is 12.7. The number of nitrogens with zero attached hydrogens (tertiary/aromatic N) is 5. The Balaban J connectivity index is 1.28. The second-order valence-electron chi connectivity index (χ2n) is 8.18. The Kier molecular flexibility index (Phi) is 5.50. The molecule has 0 atom stereocenters. The van der Waals surface area contributed by atoms with E-state index in [0.29, 0.717) is 24.4 Å². The Labute approximate surface area is 196 Å². The highest BCUT2D eigenvalue weighted by Crippen LogP contribution is 2.32. The molecule has 1 amide bonds. The number of carbonyl (C=O) groups is 1. The molecule has 3 aromatic rings. The third-order valence-corrected chi connectivity index (χ3v) is 9.52. The van der Waals surface area contributed by atoms with Crippen LogP contribution in [0, 0.1) is 12.3 Å². The minimum Gasteiger partial charge on any atom is -0.436 e. The van der Waals surface area contributed by atoms with Gasteiger partial charge in [0.25, 0.3) is 15.9 Å². The van der Waals surface area contributed by atoms with E-state index in [-0.39, 0.29) is 42.2 Å². The van der Waals surface area contributed by atoms with Crippen LogP contribution in [0.3, 0.4) is 0 Å². The number of rotatable bonds is 3. The number of fused-ring (bicyclic) bond motifs is 2. The van der Waals surface area contributed by atoms with Gasteiger partial charge in [0.1, 0.15) is 9.97 Å². The number of carbonyl (C=O) groups excluding carboxylic acids is 1. The van der Waals surface area contributed by atoms with Crippen molar-refractivity contribution in [3.63, 3.8) is 0 Å². The van der Waals surface area contributed by atoms with Gasteiger partial charge in [-0.3, -0.25) is 4.79 Å². The van der Waals surface area contributed by atoms with E-state index in [9.17, 15) is 13.2 Å². The first kappa shape index (κ1) is 22.1. The lowest BCUT2D eigenvalue weighted by Crippen LogP contribution is -2.50. The smallest absolute Gasteiger partial charge is 0.309 e. The van der Waals surface area contributed by atoms with Crippen LogP contribution in [0.2, 0.25) is 0 Å². The molecule has 1 fully saturated rings.